The molecule has 244 valence electrons. The van der Waals surface area contributed by atoms with Crippen molar-refractivity contribution in [1.82, 2.24) is 24.3 Å². The third kappa shape index (κ3) is 6.06. The average Bonchev–Trinajstić information content (AvgIpc) is 3.51. The van der Waals surface area contributed by atoms with Crippen molar-refractivity contribution in [2.24, 2.45) is 7.05 Å². The second-order valence-electron chi connectivity index (χ2n) is 11.1. The molecule has 0 unspecified atom stereocenters. The predicted molar refractivity (Wildman–Crippen MR) is 159 cm³/mol. The summed E-state index contributed by atoms with van der Waals surface area (Å²) in [6.45, 7) is 4.29. The van der Waals surface area contributed by atoms with E-state index in [4.69, 9.17) is 9.47 Å². The van der Waals surface area contributed by atoms with Gasteiger partial charge in [-0.1, -0.05) is 0 Å². The van der Waals surface area contributed by atoms with Crippen LogP contribution >= 0.6 is 0 Å². The van der Waals surface area contributed by atoms with Crippen LogP contribution in [0.5, 0.6) is 0 Å². The zero-order chi connectivity index (χ0) is 33.5. The van der Waals surface area contributed by atoms with Gasteiger partial charge in [-0.05, 0) is 50.6 Å². The maximum atomic E-state index is 15.4. The molecule has 1 fully saturated rings. The lowest BCUT2D eigenvalue weighted by Crippen LogP contribution is -2.53. The van der Waals surface area contributed by atoms with Crippen LogP contribution in [0, 0.1) is 26.6 Å². The molecular weight excluding hydrogens is 612 g/mol. The van der Waals surface area contributed by atoms with Gasteiger partial charge in [0.25, 0.3) is 11.5 Å². The van der Waals surface area contributed by atoms with E-state index in [1.807, 2.05) is 0 Å². The lowest BCUT2D eigenvalue weighted by atomic mass is 10.0. The molecule has 4 heterocycles. The van der Waals surface area contributed by atoms with Gasteiger partial charge in [-0.2, -0.15) is 13.2 Å². The van der Waals surface area contributed by atoms with Gasteiger partial charge in [0.15, 0.2) is 0 Å². The van der Waals surface area contributed by atoms with Crippen molar-refractivity contribution in [3.05, 3.63) is 81.0 Å². The number of benzene rings is 1. The number of carbonyl (C=O) groups excluding carboxylic acids is 2. The highest BCUT2D eigenvalue weighted by Crippen LogP contribution is 2.33. The van der Waals surface area contributed by atoms with E-state index in [-0.39, 0.29) is 42.1 Å². The van der Waals surface area contributed by atoms with E-state index in [1.165, 1.54) is 23.8 Å². The number of esters is 1. The van der Waals surface area contributed by atoms with Gasteiger partial charge in [0.1, 0.15) is 29.2 Å². The van der Waals surface area contributed by atoms with Gasteiger partial charge in [-0.3, -0.25) is 9.59 Å². The first kappa shape index (κ1) is 32.6. The largest absolute Gasteiger partial charge is 0.467 e. The van der Waals surface area contributed by atoms with Crippen molar-refractivity contribution in [2.45, 2.75) is 45.5 Å². The number of amides is 1. The maximum Gasteiger partial charge on any atom is 0.411 e. The van der Waals surface area contributed by atoms with Crippen molar-refractivity contribution in [3.8, 4) is 11.3 Å². The topological polar surface area (TPSA) is 120 Å². The Kier molecular flexibility index (Phi) is 8.89. The van der Waals surface area contributed by atoms with Crippen LogP contribution in [-0.4, -0.2) is 75.9 Å². The number of rotatable bonds is 7. The molecule has 15 heteroatoms. The van der Waals surface area contributed by atoms with E-state index >= 15 is 4.39 Å². The normalized spacial score (nSPS) is 16.0. The number of aryl methyl sites for hydroxylation is 2. The van der Waals surface area contributed by atoms with Gasteiger partial charge in [0.2, 0.25) is 0 Å². The summed E-state index contributed by atoms with van der Waals surface area (Å²) in [7, 11) is 2.79. The Balaban J connectivity index is 1.44. The highest BCUT2D eigenvalue weighted by Gasteiger charge is 2.45. The van der Waals surface area contributed by atoms with Crippen LogP contribution in [0.25, 0.3) is 16.9 Å². The van der Waals surface area contributed by atoms with Crippen molar-refractivity contribution in [3.63, 3.8) is 0 Å². The number of methoxy groups -OCH3 is 1. The van der Waals surface area contributed by atoms with E-state index in [0.717, 1.165) is 18.1 Å². The number of nitrogens with one attached hydrogen (secondary N) is 1. The van der Waals surface area contributed by atoms with E-state index in [0.29, 0.717) is 28.3 Å². The Morgan fingerprint density at radius 2 is 1.93 bits per heavy atom. The van der Waals surface area contributed by atoms with Crippen molar-refractivity contribution < 1.29 is 36.6 Å². The first-order chi connectivity index (χ1) is 21.7. The number of aromatic nitrogens is 4. The number of hydrogen-bond acceptors (Lipinski definition) is 8. The fraction of sp³-hybridized carbons (Fsp3) is 0.387. The summed E-state index contributed by atoms with van der Waals surface area (Å²) < 4.78 is 69.3. The van der Waals surface area contributed by atoms with Crippen LogP contribution in [-0.2, 0) is 27.7 Å². The Labute approximate surface area is 260 Å². The first-order valence-corrected chi connectivity index (χ1v) is 14.3. The number of imidazole rings is 1. The number of carbonyl (C=O) groups is 2. The van der Waals surface area contributed by atoms with Crippen LogP contribution in [0.3, 0.4) is 0 Å². The third-order valence-electron chi connectivity index (χ3n) is 8.24. The monoisotopic (exact) mass is 644 g/mol. The third-order valence-corrected chi connectivity index (χ3v) is 8.24. The second kappa shape index (κ2) is 12.5. The van der Waals surface area contributed by atoms with E-state index < -0.39 is 48.1 Å². The SMILES string of the molecule is COC(=O)[C@H](Cc1ccc(-c2nc(C)c(C)n(C)c2=O)c2nccn12)NC(=O)c1c(C)cc(N2CCOC[C@@H]2C(F)(F)F)cc1F. The van der Waals surface area contributed by atoms with Crippen molar-refractivity contribution in [1.29, 1.82) is 0 Å². The van der Waals surface area contributed by atoms with Crippen LogP contribution in [0.2, 0.25) is 0 Å². The molecule has 0 bridgehead atoms. The molecular formula is C31H32F4N6O5. The van der Waals surface area contributed by atoms with Gasteiger partial charge in [0.05, 0.1) is 31.6 Å². The van der Waals surface area contributed by atoms with Crippen LogP contribution < -0.4 is 15.8 Å². The summed E-state index contributed by atoms with van der Waals surface area (Å²) in [5.74, 6) is -2.81. The van der Waals surface area contributed by atoms with Gasteiger partial charge in [0, 0.05) is 55.0 Å². The molecule has 3 aromatic heterocycles. The molecule has 5 rings (SSSR count). The van der Waals surface area contributed by atoms with Gasteiger partial charge < -0.3 is 28.7 Å². The van der Waals surface area contributed by atoms with Crippen LogP contribution in [0.1, 0.15) is 33.0 Å². The number of alkyl halides is 3. The fourth-order valence-electron chi connectivity index (χ4n) is 5.58. The Morgan fingerprint density at radius 1 is 1.20 bits per heavy atom. The summed E-state index contributed by atoms with van der Waals surface area (Å²) in [6, 6.07) is 2.22. The minimum absolute atomic E-state index is 0.0271. The maximum absolute atomic E-state index is 15.4. The predicted octanol–water partition coefficient (Wildman–Crippen LogP) is 3.44. The molecule has 4 aromatic rings. The van der Waals surface area contributed by atoms with Crippen LogP contribution in [0.4, 0.5) is 23.2 Å². The molecule has 46 heavy (non-hydrogen) atoms. The lowest BCUT2D eigenvalue weighted by Gasteiger charge is -2.38. The molecule has 11 nitrogen and oxygen atoms in total. The Hall–Kier alpha value is -4.79. The summed E-state index contributed by atoms with van der Waals surface area (Å²) in [5.41, 5.74) is 2.23. The number of anilines is 1. The average molecular weight is 645 g/mol. The standard InChI is InChI=1S/C31H32F4N6O5/c1-16-12-20(40-10-11-46-15-24(40)31(33,34)35)13-22(32)25(16)28(42)38-23(30(44)45-5)14-19-6-7-21(27-36-8-9-41(19)27)26-29(43)39(4)18(3)17(2)37-26/h6-9,12-13,23-24H,10-11,14-15H2,1-5H3,(H,38,42)/t23-,24+/m0/s1. The molecule has 1 aliphatic heterocycles. The zero-order valence-electron chi connectivity index (χ0n) is 25.7. The molecule has 1 amide bonds. The number of morpholine rings is 1. The number of nitrogens with zero attached hydrogens (tertiary/aromatic N) is 5. The first-order valence-electron chi connectivity index (χ1n) is 14.3. The molecule has 0 spiro atoms. The summed E-state index contributed by atoms with van der Waals surface area (Å²) in [6.07, 6.45) is -1.59. The molecule has 0 radical (unpaired) electrons. The quantitative estimate of drug-likeness (QED) is 0.240. The number of pyridine rings is 1. The number of fused-ring (bicyclic) bond motifs is 1. The van der Waals surface area contributed by atoms with Gasteiger partial charge in [-0.15, -0.1) is 0 Å². The number of ether oxygens (including phenoxy) is 2. The zero-order valence-corrected chi connectivity index (χ0v) is 25.7. The second-order valence-corrected chi connectivity index (χ2v) is 11.1. The van der Waals surface area contributed by atoms with Gasteiger partial charge in [-0.25, -0.2) is 19.2 Å². The number of hydrogen-bond donors (Lipinski definition) is 1. The van der Waals surface area contributed by atoms with E-state index in [9.17, 15) is 27.6 Å². The van der Waals surface area contributed by atoms with Crippen LogP contribution in [0.15, 0.2) is 41.5 Å². The highest BCUT2D eigenvalue weighted by atomic mass is 19.4. The fourth-order valence-corrected chi connectivity index (χ4v) is 5.58. The summed E-state index contributed by atoms with van der Waals surface area (Å²) in [4.78, 5) is 49.1. The molecule has 0 aliphatic carbocycles. The number of halogens is 4. The van der Waals surface area contributed by atoms with Crippen molar-refractivity contribution in [2.75, 3.05) is 31.8 Å². The Bertz CT molecular complexity index is 1860. The summed E-state index contributed by atoms with van der Waals surface area (Å²) in [5, 5.41) is 2.51. The Morgan fingerprint density at radius 3 is 2.61 bits per heavy atom. The molecule has 1 aromatic carbocycles. The van der Waals surface area contributed by atoms with E-state index in [1.54, 1.807) is 43.6 Å². The van der Waals surface area contributed by atoms with Gasteiger partial charge >= 0.3 is 12.1 Å². The molecule has 0 saturated carbocycles. The molecule has 1 N–H and O–H groups in total. The highest BCUT2D eigenvalue weighted by molar-refractivity contribution is 5.98. The molecule has 1 aliphatic rings. The minimum Gasteiger partial charge on any atom is -0.467 e. The smallest absolute Gasteiger partial charge is 0.411 e. The van der Waals surface area contributed by atoms with E-state index in [2.05, 4.69) is 15.3 Å². The minimum atomic E-state index is -4.61. The van der Waals surface area contributed by atoms with Crippen molar-refractivity contribution >= 4 is 23.2 Å². The summed E-state index contributed by atoms with van der Waals surface area (Å²) >= 11 is 0. The molecule has 2 atom stereocenters. The molecule has 1 saturated heterocycles. The lowest BCUT2D eigenvalue weighted by molar-refractivity contribution is -0.167.